The second-order valence-corrected chi connectivity index (χ2v) is 5.11. The third kappa shape index (κ3) is 3.95. The van der Waals surface area contributed by atoms with Gasteiger partial charge in [-0.1, -0.05) is 29.8 Å². The summed E-state index contributed by atoms with van der Waals surface area (Å²) in [6, 6.07) is 8.68. The van der Waals surface area contributed by atoms with Gasteiger partial charge in [-0.25, -0.2) is 4.79 Å². The first kappa shape index (κ1) is 15.3. The third-order valence-electron chi connectivity index (χ3n) is 3.20. The largest absolute Gasteiger partial charge is 0.464 e. The number of esters is 1. The van der Waals surface area contributed by atoms with Crippen LogP contribution in [0, 0.1) is 0 Å². The fourth-order valence-electron chi connectivity index (χ4n) is 2.09. The predicted octanol–water partition coefficient (Wildman–Crippen LogP) is 3.15. The zero-order chi connectivity index (χ0) is 15.2. The lowest BCUT2D eigenvalue weighted by molar-refractivity contribution is -0.136. The van der Waals surface area contributed by atoms with Crippen molar-refractivity contribution >= 4 is 23.5 Å². The molecule has 0 fully saturated rings. The number of carbonyl (C=O) groups excluding carboxylic acids is 2. The van der Waals surface area contributed by atoms with E-state index in [2.05, 4.69) is 5.32 Å². The lowest BCUT2D eigenvalue weighted by Gasteiger charge is -2.09. The van der Waals surface area contributed by atoms with Crippen molar-refractivity contribution in [3.05, 3.63) is 58.3 Å². The first-order valence-electron chi connectivity index (χ1n) is 6.65. The molecule has 1 aliphatic carbocycles. The Balaban J connectivity index is 2.22. The van der Waals surface area contributed by atoms with Gasteiger partial charge in [-0.3, -0.25) is 4.79 Å². The average Bonchev–Trinajstić information content (AvgIpc) is 2.91. The number of halogens is 1. The molecule has 0 saturated carbocycles. The summed E-state index contributed by atoms with van der Waals surface area (Å²) in [5.41, 5.74) is 1.44. The molecular weight excluding hydrogens is 290 g/mol. The van der Waals surface area contributed by atoms with Crippen LogP contribution in [0.2, 0.25) is 0 Å². The summed E-state index contributed by atoms with van der Waals surface area (Å²) in [5, 5.41) is 3.31. The molecule has 4 nitrogen and oxygen atoms in total. The molecule has 1 aliphatic rings. The molecule has 0 heterocycles. The van der Waals surface area contributed by atoms with Crippen molar-refractivity contribution in [3.8, 4) is 0 Å². The number of rotatable bonds is 4. The monoisotopic (exact) mass is 305 g/mol. The van der Waals surface area contributed by atoms with E-state index in [0.717, 1.165) is 29.9 Å². The number of carbonyl (C=O) groups is 2. The molecule has 1 N–H and O–H groups in total. The van der Waals surface area contributed by atoms with E-state index in [0.29, 0.717) is 5.56 Å². The van der Waals surface area contributed by atoms with Gasteiger partial charge < -0.3 is 10.1 Å². The fraction of sp³-hybridized carbons (Fsp3) is 0.250. The Bertz CT molecular complexity index is 605. The molecule has 0 saturated heterocycles. The molecule has 0 spiro atoms. The quantitative estimate of drug-likeness (QED) is 0.687. The Labute approximate surface area is 128 Å². The van der Waals surface area contributed by atoms with Crippen LogP contribution in [0.4, 0.5) is 0 Å². The summed E-state index contributed by atoms with van der Waals surface area (Å²) >= 11 is 6.09. The van der Waals surface area contributed by atoms with E-state index in [1.54, 1.807) is 30.3 Å². The van der Waals surface area contributed by atoms with Gasteiger partial charge >= 0.3 is 5.97 Å². The topological polar surface area (TPSA) is 55.4 Å². The Morgan fingerprint density at radius 2 is 1.95 bits per heavy atom. The molecule has 0 aliphatic heterocycles. The van der Waals surface area contributed by atoms with Crippen LogP contribution in [0.5, 0.6) is 0 Å². The zero-order valence-corrected chi connectivity index (χ0v) is 12.4. The molecule has 1 aromatic carbocycles. The third-order valence-corrected chi connectivity index (χ3v) is 3.63. The van der Waals surface area contributed by atoms with Crippen LogP contribution in [-0.4, -0.2) is 19.0 Å². The number of ether oxygens (including phenoxy) is 1. The minimum absolute atomic E-state index is 0.0985. The number of methoxy groups -OCH3 is 1. The first-order chi connectivity index (χ1) is 10.1. The summed E-state index contributed by atoms with van der Waals surface area (Å²) in [7, 11) is 1.27. The van der Waals surface area contributed by atoms with Crippen LogP contribution in [0.3, 0.4) is 0 Å². The lowest BCUT2D eigenvalue weighted by Crippen LogP contribution is -2.28. The van der Waals surface area contributed by atoms with E-state index in [9.17, 15) is 9.59 Å². The van der Waals surface area contributed by atoms with E-state index >= 15 is 0 Å². The summed E-state index contributed by atoms with van der Waals surface area (Å²) in [4.78, 5) is 23.9. The highest BCUT2D eigenvalue weighted by molar-refractivity contribution is 6.30. The molecule has 110 valence electrons. The number of allylic oxidation sites excluding steroid dienone is 3. The molecule has 1 aromatic rings. The van der Waals surface area contributed by atoms with Gasteiger partial charge in [0.1, 0.15) is 5.70 Å². The van der Waals surface area contributed by atoms with Gasteiger partial charge in [0.15, 0.2) is 0 Å². The highest BCUT2D eigenvalue weighted by Crippen LogP contribution is 2.30. The van der Waals surface area contributed by atoms with E-state index < -0.39 is 5.97 Å². The molecule has 5 heteroatoms. The van der Waals surface area contributed by atoms with E-state index in [4.69, 9.17) is 16.3 Å². The number of benzene rings is 1. The van der Waals surface area contributed by atoms with Crippen LogP contribution >= 0.6 is 11.6 Å². The van der Waals surface area contributed by atoms with E-state index in [-0.39, 0.29) is 11.6 Å². The average molecular weight is 306 g/mol. The normalized spacial score (nSPS) is 15.0. The highest BCUT2D eigenvalue weighted by Gasteiger charge is 2.18. The highest BCUT2D eigenvalue weighted by atomic mass is 35.5. The molecule has 0 unspecified atom stereocenters. The van der Waals surface area contributed by atoms with Gasteiger partial charge in [-0.05, 0) is 43.0 Å². The molecular formula is C16H16ClNO3. The molecule has 0 atom stereocenters. The van der Waals surface area contributed by atoms with Crippen molar-refractivity contribution in [2.75, 3.05) is 7.11 Å². The molecule has 0 aromatic heterocycles. The summed E-state index contributed by atoms with van der Waals surface area (Å²) in [5.74, 6) is -0.954. The van der Waals surface area contributed by atoms with E-state index in [1.807, 2.05) is 6.07 Å². The van der Waals surface area contributed by atoms with Crippen molar-refractivity contribution in [1.82, 2.24) is 5.32 Å². The van der Waals surface area contributed by atoms with Gasteiger partial charge in [0.25, 0.3) is 5.91 Å². The molecule has 0 radical (unpaired) electrons. The van der Waals surface area contributed by atoms with Crippen molar-refractivity contribution in [1.29, 1.82) is 0 Å². The van der Waals surface area contributed by atoms with Gasteiger partial charge in [-0.15, -0.1) is 0 Å². The van der Waals surface area contributed by atoms with Crippen molar-refractivity contribution < 1.29 is 14.3 Å². The first-order valence-corrected chi connectivity index (χ1v) is 7.03. The predicted molar refractivity (Wildman–Crippen MR) is 80.7 cm³/mol. The number of hydrogen-bond donors (Lipinski definition) is 1. The molecule has 2 rings (SSSR count). The minimum atomic E-state index is -0.594. The smallest absolute Gasteiger partial charge is 0.354 e. The number of hydrogen-bond acceptors (Lipinski definition) is 3. The van der Waals surface area contributed by atoms with Gasteiger partial charge in [-0.2, -0.15) is 0 Å². The zero-order valence-electron chi connectivity index (χ0n) is 11.7. The SMILES string of the molecule is COC(=O)C(=CC1=C(Cl)CCC1)NC(=O)c1ccccc1. The maximum absolute atomic E-state index is 12.1. The second-order valence-electron chi connectivity index (χ2n) is 4.65. The van der Waals surface area contributed by atoms with Crippen LogP contribution in [-0.2, 0) is 9.53 Å². The fourth-order valence-corrected chi connectivity index (χ4v) is 2.38. The Morgan fingerprint density at radius 3 is 2.52 bits per heavy atom. The van der Waals surface area contributed by atoms with E-state index in [1.165, 1.54) is 7.11 Å². The summed E-state index contributed by atoms with van der Waals surface area (Å²) in [6.07, 6.45) is 4.14. The van der Waals surface area contributed by atoms with Gasteiger partial charge in [0, 0.05) is 10.6 Å². The van der Waals surface area contributed by atoms with Crippen LogP contribution < -0.4 is 5.32 Å². The van der Waals surface area contributed by atoms with Crippen molar-refractivity contribution in [3.63, 3.8) is 0 Å². The van der Waals surface area contributed by atoms with Gasteiger partial charge in [0.2, 0.25) is 0 Å². The number of amides is 1. The van der Waals surface area contributed by atoms with Crippen molar-refractivity contribution in [2.45, 2.75) is 19.3 Å². The minimum Gasteiger partial charge on any atom is -0.464 e. The maximum atomic E-state index is 12.1. The summed E-state index contributed by atoms with van der Waals surface area (Å²) < 4.78 is 4.71. The van der Waals surface area contributed by atoms with Gasteiger partial charge in [0.05, 0.1) is 7.11 Å². The van der Waals surface area contributed by atoms with Crippen molar-refractivity contribution in [2.24, 2.45) is 0 Å². The second kappa shape index (κ2) is 7.09. The van der Waals surface area contributed by atoms with Crippen LogP contribution in [0.15, 0.2) is 52.7 Å². The molecule has 1 amide bonds. The Morgan fingerprint density at radius 1 is 1.24 bits per heavy atom. The standard InChI is InChI=1S/C16H16ClNO3/c1-21-16(20)14(10-12-8-5-9-13(12)17)18-15(19)11-6-3-2-4-7-11/h2-4,6-7,10H,5,8-9H2,1H3,(H,18,19). The Kier molecular flexibility index (Phi) is 5.17. The Hall–Kier alpha value is -2.07. The van der Waals surface area contributed by atoms with Crippen LogP contribution in [0.25, 0.3) is 0 Å². The molecule has 0 bridgehead atoms. The number of nitrogens with one attached hydrogen (secondary N) is 1. The summed E-state index contributed by atoms with van der Waals surface area (Å²) in [6.45, 7) is 0. The van der Waals surface area contributed by atoms with Crippen LogP contribution in [0.1, 0.15) is 29.6 Å². The molecule has 21 heavy (non-hydrogen) atoms. The lowest BCUT2D eigenvalue weighted by atomic mass is 10.1. The maximum Gasteiger partial charge on any atom is 0.354 e.